The molecule has 0 bridgehead atoms. The number of sulfonamides is 1. The molecule has 0 heterocycles. The van der Waals surface area contributed by atoms with Gasteiger partial charge in [-0.3, -0.25) is 0 Å². The number of nitrogens with zero attached hydrogens (tertiary/aromatic N) is 1. The van der Waals surface area contributed by atoms with Crippen molar-refractivity contribution < 1.29 is 13.2 Å². The summed E-state index contributed by atoms with van der Waals surface area (Å²) in [7, 11) is -0.338. The van der Waals surface area contributed by atoms with Crippen LogP contribution in [0, 0.1) is 20.8 Å². The fourth-order valence-electron chi connectivity index (χ4n) is 2.29. The van der Waals surface area contributed by atoms with Crippen LogP contribution < -0.4 is 5.73 Å². The van der Waals surface area contributed by atoms with Crippen LogP contribution in [0.4, 0.5) is 5.69 Å². The zero-order chi connectivity index (χ0) is 15.5. The quantitative estimate of drug-likeness (QED) is 0.643. The molecular formula is C14H24N2O3S. The van der Waals surface area contributed by atoms with E-state index in [-0.39, 0.29) is 0 Å². The third-order valence-electron chi connectivity index (χ3n) is 3.45. The normalized spacial score (nSPS) is 12.1. The monoisotopic (exact) mass is 300 g/mol. The highest BCUT2D eigenvalue weighted by Gasteiger charge is 2.26. The van der Waals surface area contributed by atoms with E-state index in [0.29, 0.717) is 35.7 Å². The maximum atomic E-state index is 12.7. The second kappa shape index (κ2) is 6.56. The first-order valence-electron chi connectivity index (χ1n) is 6.55. The fourth-order valence-corrected chi connectivity index (χ4v) is 3.93. The van der Waals surface area contributed by atoms with Gasteiger partial charge in [0, 0.05) is 33.0 Å². The van der Waals surface area contributed by atoms with Gasteiger partial charge in [0.15, 0.2) is 0 Å². The predicted molar refractivity (Wildman–Crippen MR) is 81.4 cm³/mol. The number of rotatable bonds is 6. The maximum Gasteiger partial charge on any atom is 0.243 e. The van der Waals surface area contributed by atoms with E-state index in [9.17, 15) is 8.42 Å². The van der Waals surface area contributed by atoms with Gasteiger partial charge in [-0.2, -0.15) is 0 Å². The number of hydrogen-bond donors (Lipinski definition) is 1. The van der Waals surface area contributed by atoms with E-state index in [1.165, 1.54) is 4.31 Å². The second-order valence-electron chi connectivity index (χ2n) is 5.05. The summed E-state index contributed by atoms with van der Waals surface area (Å²) in [6, 6.07) is 1.82. The average molecular weight is 300 g/mol. The molecule has 5 nitrogen and oxygen atoms in total. The Morgan fingerprint density at radius 1 is 1.25 bits per heavy atom. The van der Waals surface area contributed by atoms with Crippen molar-refractivity contribution in [3.63, 3.8) is 0 Å². The largest absolute Gasteiger partial charge is 0.398 e. The number of nitrogen functional groups attached to an aromatic ring is 1. The van der Waals surface area contributed by atoms with E-state index in [2.05, 4.69) is 0 Å². The third-order valence-corrected chi connectivity index (χ3v) is 5.60. The maximum absolute atomic E-state index is 12.7. The van der Waals surface area contributed by atoms with E-state index >= 15 is 0 Å². The number of methoxy groups -OCH3 is 1. The lowest BCUT2D eigenvalue weighted by atomic mass is 10.1. The molecule has 0 fully saturated rings. The van der Waals surface area contributed by atoms with Gasteiger partial charge in [0.25, 0.3) is 0 Å². The first kappa shape index (κ1) is 16.9. The lowest BCUT2D eigenvalue weighted by Gasteiger charge is -2.21. The Kier molecular flexibility index (Phi) is 5.56. The van der Waals surface area contributed by atoms with Crippen LogP contribution in [0.15, 0.2) is 11.0 Å². The van der Waals surface area contributed by atoms with Gasteiger partial charge in [-0.25, -0.2) is 12.7 Å². The highest BCUT2D eigenvalue weighted by atomic mass is 32.2. The van der Waals surface area contributed by atoms with Gasteiger partial charge in [0.1, 0.15) is 0 Å². The molecule has 0 amide bonds. The molecule has 1 aromatic rings. The van der Waals surface area contributed by atoms with Crippen molar-refractivity contribution in [2.75, 3.05) is 33.0 Å². The van der Waals surface area contributed by atoms with Crippen LogP contribution in [-0.4, -0.2) is 40.0 Å². The molecule has 0 saturated carbocycles. The fraction of sp³-hybridized carbons (Fsp3) is 0.571. The topological polar surface area (TPSA) is 72.6 Å². The molecule has 0 radical (unpaired) electrons. The average Bonchev–Trinajstić information content (AvgIpc) is 2.35. The third kappa shape index (κ3) is 3.31. The molecule has 0 unspecified atom stereocenters. The van der Waals surface area contributed by atoms with E-state index in [4.69, 9.17) is 10.5 Å². The van der Waals surface area contributed by atoms with Crippen molar-refractivity contribution >= 4 is 15.7 Å². The Morgan fingerprint density at radius 3 is 2.40 bits per heavy atom. The van der Waals surface area contributed by atoms with Gasteiger partial charge >= 0.3 is 0 Å². The summed E-state index contributed by atoms with van der Waals surface area (Å²) in [5.74, 6) is 0. The molecule has 0 aromatic heterocycles. The van der Waals surface area contributed by atoms with Crippen LogP contribution in [0.2, 0.25) is 0 Å². The molecule has 20 heavy (non-hydrogen) atoms. The van der Waals surface area contributed by atoms with E-state index in [0.717, 1.165) is 11.1 Å². The zero-order valence-electron chi connectivity index (χ0n) is 12.9. The minimum absolute atomic E-state index is 0.320. The summed E-state index contributed by atoms with van der Waals surface area (Å²) < 4.78 is 31.6. The van der Waals surface area contributed by atoms with Crippen molar-refractivity contribution in [3.05, 3.63) is 22.8 Å². The van der Waals surface area contributed by atoms with Crippen molar-refractivity contribution in [2.45, 2.75) is 32.1 Å². The highest BCUT2D eigenvalue weighted by Crippen LogP contribution is 2.29. The van der Waals surface area contributed by atoms with Crippen molar-refractivity contribution in [2.24, 2.45) is 0 Å². The summed E-state index contributed by atoms with van der Waals surface area (Å²) in [5.41, 5.74) is 8.77. The van der Waals surface area contributed by atoms with E-state index in [1.807, 2.05) is 13.0 Å². The molecule has 0 saturated heterocycles. The number of hydrogen-bond acceptors (Lipinski definition) is 4. The standard InChI is InChI=1S/C14H24N2O3S/c1-10-9-11(2)14(12(3)13(10)15)20(17,18)16(4)7-6-8-19-5/h9H,6-8,15H2,1-5H3. The Bertz CT molecular complexity index is 583. The molecule has 0 spiro atoms. The number of benzene rings is 1. The van der Waals surface area contributed by atoms with E-state index in [1.54, 1.807) is 28.0 Å². The molecular weight excluding hydrogens is 276 g/mol. The van der Waals surface area contributed by atoms with Crippen LogP contribution >= 0.6 is 0 Å². The second-order valence-corrected chi connectivity index (χ2v) is 7.03. The molecule has 0 aliphatic rings. The SMILES string of the molecule is COCCCN(C)S(=O)(=O)c1c(C)cc(C)c(N)c1C. The van der Waals surface area contributed by atoms with Gasteiger partial charge in [-0.05, 0) is 43.9 Å². The van der Waals surface area contributed by atoms with Crippen LogP contribution in [-0.2, 0) is 14.8 Å². The van der Waals surface area contributed by atoms with Crippen LogP contribution in [0.25, 0.3) is 0 Å². The predicted octanol–water partition coefficient (Wildman–Crippen LogP) is 1.85. The summed E-state index contributed by atoms with van der Waals surface area (Å²) in [4.78, 5) is 0.320. The molecule has 0 aliphatic heterocycles. The summed E-state index contributed by atoms with van der Waals surface area (Å²) >= 11 is 0. The molecule has 0 atom stereocenters. The summed E-state index contributed by atoms with van der Waals surface area (Å²) in [5, 5.41) is 0. The minimum atomic E-state index is -3.52. The summed E-state index contributed by atoms with van der Waals surface area (Å²) in [6.45, 7) is 6.39. The van der Waals surface area contributed by atoms with Gasteiger partial charge < -0.3 is 10.5 Å². The van der Waals surface area contributed by atoms with Crippen LogP contribution in [0.1, 0.15) is 23.1 Å². The number of nitrogens with two attached hydrogens (primary N) is 1. The van der Waals surface area contributed by atoms with E-state index < -0.39 is 10.0 Å². The van der Waals surface area contributed by atoms with Crippen molar-refractivity contribution in [1.82, 2.24) is 4.31 Å². The van der Waals surface area contributed by atoms with Gasteiger partial charge in [0.2, 0.25) is 10.0 Å². The molecule has 1 rings (SSSR count). The Hall–Kier alpha value is -1.11. The first-order chi connectivity index (χ1) is 9.23. The number of aryl methyl sites for hydroxylation is 2. The van der Waals surface area contributed by atoms with Crippen molar-refractivity contribution in [1.29, 1.82) is 0 Å². The Balaban J connectivity index is 3.19. The molecule has 0 aliphatic carbocycles. The Morgan fingerprint density at radius 2 is 1.85 bits per heavy atom. The number of anilines is 1. The Labute approximate surface area is 121 Å². The minimum Gasteiger partial charge on any atom is -0.398 e. The highest BCUT2D eigenvalue weighted by molar-refractivity contribution is 7.89. The van der Waals surface area contributed by atoms with Gasteiger partial charge in [0.05, 0.1) is 4.90 Å². The zero-order valence-corrected chi connectivity index (χ0v) is 13.7. The van der Waals surface area contributed by atoms with Crippen LogP contribution in [0.5, 0.6) is 0 Å². The summed E-state index contributed by atoms with van der Waals surface area (Å²) in [6.07, 6.45) is 0.658. The lowest BCUT2D eigenvalue weighted by Crippen LogP contribution is -2.30. The lowest BCUT2D eigenvalue weighted by molar-refractivity contribution is 0.189. The van der Waals surface area contributed by atoms with Gasteiger partial charge in [-0.1, -0.05) is 6.07 Å². The van der Waals surface area contributed by atoms with Gasteiger partial charge in [-0.15, -0.1) is 0 Å². The number of ether oxygens (including phenoxy) is 1. The smallest absolute Gasteiger partial charge is 0.243 e. The molecule has 1 aromatic carbocycles. The molecule has 114 valence electrons. The van der Waals surface area contributed by atoms with Crippen LogP contribution in [0.3, 0.4) is 0 Å². The first-order valence-corrected chi connectivity index (χ1v) is 7.99. The van der Waals surface area contributed by atoms with Crippen molar-refractivity contribution in [3.8, 4) is 0 Å². The molecule has 2 N–H and O–H groups in total. The molecule has 6 heteroatoms.